The zero-order chi connectivity index (χ0) is 15.0. The van der Waals surface area contributed by atoms with E-state index in [-0.39, 0.29) is 17.3 Å². The molecule has 6 heteroatoms. The minimum absolute atomic E-state index is 0.0172. The van der Waals surface area contributed by atoms with Crippen molar-refractivity contribution < 1.29 is 9.18 Å². The highest BCUT2D eigenvalue weighted by Gasteiger charge is 2.40. The van der Waals surface area contributed by atoms with Crippen LogP contribution in [0.1, 0.15) is 36.0 Å². The second-order valence-corrected chi connectivity index (χ2v) is 6.29. The van der Waals surface area contributed by atoms with Gasteiger partial charge >= 0.3 is 0 Å². The third-order valence-electron chi connectivity index (χ3n) is 5.00. The number of rotatable bonds is 4. The summed E-state index contributed by atoms with van der Waals surface area (Å²) in [5.74, 6) is 6.24. The summed E-state index contributed by atoms with van der Waals surface area (Å²) in [6, 6.07) is 1.40. The standard InChI is InChI=1S/C15H21FN4O/c1-20(8-11-7-9-2-3-10(11)6-9)15(21)12-4-5-18-14(19-17)13(12)16/h4-5,9-11H,2-3,6-8,17H2,1H3,(H,18,19). The topological polar surface area (TPSA) is 71.2 Å². The monoisotopic (exact) mass is 292 g/mol. The highest BCUT2D eigenvalue weighted by molar-refractivity contribution is 5.95. The number of fused-ring (bicyclic) bond motifs is 2. The Kier molecular flexibility index (Phi) is 3.80. The lowest BCUT2D eigenvalue weighted by atomic mass is 9.88. The second-order valence-electron chi connectivity index (χ2n) is 6.29. The van der Waals surface area contributed by atoms with E-state index in [1.54, 1.807) is 11.9 Å². The van der Waals surface area contributed by atoms with Crippen LogP contribution in [0.5, 0.6) is 0 Å². The average molecular weight is 292 g/mol. The normalized spacial score (nSPS) is 26.9. The third-order valence-corrected chi connectivity index (χ3v) is 5.00. The van der Waals surface area contributed by atoms with Gasteiger partial charge in [-0.15, -0.1) is 0 Å². The molecule has 2 fully saturated rings. The summed E-state index contributed by atoms with van der Waals surface area (Å²) >= 11 is 0. The van der Waals surface area contributed by atoms with E-state index in [2.05, 4.69) is 10.4 Å². The van der Waals surface area contributed by atoms with Crippen LogP contribution in [0.15, 0.2) is 12.3 Å². The molecule has 0 spiro atoms. The molecule has 3 N–H and O–H groups in total. The number of carbonyl (C=O) groups is 1. The molecular weight excluding hydrogens is 271 g/mol. The number of pyridine rings is 1. The van der Waals surface area contributed by atoms with E-state index in [0.717, 1.165) is 11.8 Å². The minimum atomic E-state index is -0.690. The maximum Gasteiger partial charge on any atom is 0.256 e. The highest BCUT2D eigenvalue weighted by Crippen LogP contribution is 2.48. The van der Waals surface area contributed by atoms with Crippen LogP contribution in [0.2, 0.25) is 0 Å². The first kappa shape index (κ1) is 14.3. The number of nitrogen functional groups attached to an aromatic ring is 1. The average Bonchev–Trinajstić information content (AvgIpc) is 3.09. The first-order chi connectivity index (χ1) is 10.1. The first-order valence-corrected chi connectivity index (χ1v) is 7.46. The molecule has 3 rings (SSSR count). The van der Waals surface area contributed by atoms with Gasteiger partial charge in [0.2, 0.25) is 0 Å². The molecule has 3 unspecified atom stereocenters. The smallest absolute Gasteiger partial charge is 0.256 e. The Morgan fingerprint density at radius 3 is 2.95 bits per heavy atom. The molecule has 21 heavy (non-hydrogen) atoms. The van der Waals surface area contributed by atoms with Crippen LogP contribution in [-0.4, -0.2) is 29.4 Å². The van der Waals surface area contributed by atoms with Crippen molar-refractivity contribution in [1.82, 2.24) is 9.88 Å². The highest BCUT2D eigenvalue weighted by atomic mass is 19.1. The summed E-state index contributed by atoms with van der Waals surface area (Å²) in [6.45, 7) is 0.702. The molecular formula is C15H21FN4O. The number of halogens is 1. The number of amides is 1. The van der Waals surface area contributed by atoms with Gasteiger partial charge in [0.1, 0.15) is 0 Å². The lowest BCUT2D eigenvalue weighted by Crippen LogP contribution is -2.34. The molecule has 2 aliphatic carbocycles. The molecule has 3 atom stereocenters. The zero-order valence-electron chi connectivity index (χ0n) is 12.2. The third kappa shape index (κ3) is 2.60. The van der Waals surface area contributed by atoms with Gasteiger partial charge < -0.3 is 10.3 Å². The number of nitrogens with zero attached hydrogens (tertiary/aromatic N) is 2. The van der Waals surface area contributed by atoms with Crippen molar-refractivity contribution in [3.8, 4) is 0 Å². The lowest BCUT2D eigenvalue weighted by molar-refractivity contribution is 0.0749. The van der Waals surface area contributed by atoms with Gasteiger partial charge in [-0.3, -0.25) is 4.79 Å². The number of anilines is 1. The Labute approximate surface area is 123 Å². The van der Waals surface area contributed by atoms with Crippen LogP contribution in [0, 0.1) is 23.6 Å². The Balaban J connectivity index is 1.70. The van der Waals surface area contributed by atoms with Crippen LogP contribution < -0.4 is 11.3 Å². The van der Waals surface area contributed by atoms with Gasteiger partial charge in [0.25, 0.3) is 5.91 Å². The summed E-state index contributed by atoms with van der Waals surface area (Å²) in [6.07, 6.45) is 6.51. The fourth-order valence-corrected chi connectivity index (χ4v) is 3.95. The molecule has 1 amide bonds. The number of hydrazine groups is 1. The summed E-state index contributed by atoms with van der Waals surface area (Å²) < 4.78 is 14.1. The van der Waals surface area contributed by atoms with Crippen LogP contribution >= 0.6 is 0 Å². The molecule has 0 saturated heterocycles. The Hall–Kier alpha value is -1.69. The molecule has 5 nitrogen and oxygen atoms in total. The van der Waals surface area contributed by atoms with Gasteiger partial charge in [0.05, 0.1) is 5.56 Å². The van der Waals surface area contributed by atoms with Crippen LogP contribution in [0.25, 0.3) is 0 Å². The largest absolute Gasteiger partial charge is 0.341 e. The molecule has 1 heterocycles. The fourth-order valence-electron chi connectivity index (χ4n) is 3.95. The molecule has 1 aromatic heterocycles. The molecule has 2 saturated carbocycles. The van der Waals surface area contributed by atoms with Crippen molar-refractivity contribution in [2.45, 2.75) is 25.7 Å². The molecule has 2 bridgehead atoms. The van der Waals surface area contributed by atoms with Gasteiger partial charge in [0.15, 0.2) is 11.6 Å². The van der Waals surface area contributed by atoms with Crippen molar-refractivity contribution in [3.63, 3.8) is 0 Å². The van der Waals surface area contributed by atoms with E-state index in [0.29, 0.717) is 12.5 Å². The number of nitrogens with one attached hydrogen (secondary N) is 1. The number of carbonyl (C=O) groups excluding carboxylic acids is 1. The molecule has 114 valence electrons. The fraction of sp³-hybridized carbons (Fsp3) is 0.600. The van der Waals surface area contributed by atoms with Gasteiger partial charge in [-0.05, 0) is 43.1 Å². The van der Waals surface area contributed by atoms with Crippen LogP contribution in [-0.2, 0) is 0 Å². The quantitative estimate of drug-likeness (QED) is 0.658. The number of aromatic nitrogens is 1. The lowest BCUT2D eigenvalue weighted by Gasteiger charge is -2.27. The number of hydrogen-bond acceptors (Lipinski definition) is 4. The van der Waals surface area contributed by atoms with Gasteiger partial charge in [0, 0.05) is 19.8 Å². The van der Waals surface area contributed by atoms with E-state index >= 15 is 0 Å². The number of nitrogens with two attached hydrogens (primary N) is 1. The van der Waals surface area contributed by atoms with E-state index in [1.165, 1.54) is 37.9 Å². The molecule has 0 radical (unpaired) electrons. The van der Waals surface area contributed by atoms with E-state index in [9.17, 15) is 9.18 Å². The van der Waals surface area contributed by atoms with Gasteiger partial charge in [-0.25, -0.2) is 15.2 Å². The van der Waals surface area contributed by atoms with Crippen molar-refractivity contribution in [3.05, 3.63) is 23.6 Å². The van der Waals surface area contributed by atoms with Crippen molar-refractivity contribution in [2.75, 3.05) is 19.0 Å². The summed E-state index contributed by atoms with van der Waals surface area (Å²) in [5.41, 5.74) is 2.18. The summed E-state index contributed by atoms with van der Waals surface area (Å²) in [4.78, 5) is 17.8. The Morgan fingerprint density at radius 2 is 2.33 bits per heavy atom. The molecule has 0 aromatic carbocycles. The van der Waals surface area contributed by atoms with Gasteiger partial charge in [-0.2, -0.15) is 0 Å². The maximum atomic E-state index is 14.1. The maximum absolute atomic E-state index is 14.1. The van der Waals surface area contributed by atoms with E-state index < -0.39 is 5.82 Å². The second kappa shape index (κ2) is 5.60. The first-order valence-electron chi connectivity index (χ1n) is 7.46. The molecule has 1 aromatic rings. The van der Waals surface area contributed by atoms with Crippen LogP contribution in [0.3, 0.4) is 0 Å². The van der Waals surface area contributed by atoms with Crippen molar-refractivity contribution in [1.29, 1.82) is 0 Å². The minimum Gasteiger partial charge on any atom is -0.341 e. The van der Waals surface area contributed by atoms with Crippen molar-refractivity contribution >= 4 is 11.7 Å². The molecule has 2 aliphatic rings. The summed E-state index contributed by atoms with van der Waals surface area (Å²) in [7, 11) is 1.74. The Bertz CT molecular complexity index is 550. The van der Waals surface area contributed by atoms with Crippen LogP contribution in [0.4, 0.5) is 10.2 Å². The van der Waals surface area contributed by atoms with Gasteiger partial charge in [-0.1, -0.05) is 6.42 Å². The SMILES string of the molecule is CN(CC1CC2CCC1C2)C(=O)c1ccnc(NN)c1F. The predicted molar refractivity (Wildman–Crippen MR) is 77.9 cm³/mol. The Morgan fingerprint density at radius 1 is 1.52 bits per heavy atom. The summed E-state index contributed by atoms with van der Waals surface area (Å²) in [5, 5.41) is 0. The van der Waals surface area contributed by atoms with Crippen molar-refractivity contribution in [2.24, 2.45) is 23.6 Å². The van der Waals surface area contributed by atoms with E-state index in [4.69, 9.17) is 5.84 Å². The predicted octanol–water partition coefficient (Wildman–Crippen LogP) is 2.01. The number of hydrogen-bond donors (Lipinski definition) is 2. The van der Waals surface area contributed by atoms with E-state index in [1.807, 2.05) is 0 Å². The zero-order valence-corrected chi connectivity index (χ0v) is 12.2. The molecule has 0 aliphatic heterocycles.